The molecule has 3 nitrogen and oxygen atoms in total. The summed E-state index contributed by atoms with van der Waals surface area (Å²) in [6.45, 7) is 4.29. The second-order valence-corrected chi connectivity index (χ2v) is 5.73. The van der Waals surface area contributed by atoms with Gasteiger partial charge in [-0.05, 0) is 28.3 Å². The van der Waals surface area contributed by atoms with Gasteiger partial charge in [-0.1, -0.05) is 13.8 Å². The minimum absolute atomic E-state index is 0.169. The van der Waals surface area contributed by atoms with Crippen LogP contribution in [0.15, 0.2) is 4.60 Å². The Morgan fingerprint density at radius 2 is 2.27 bits per heavy atom. The number of nitrogens with zero attached hydrogens (tertiary/aromatic N) is 1. The third-order valence-electron chi connectivity index (χ3n) is 1.84. The highest BCUT2D eigenvalue weighted by molar-refractivity contribution is 9.10. The fourth-order valence-corrected chi connectivity index (χ4v) is 3.13. The third-order valence-corrected chi connectivity index (χ3v) is 3.90. The summed E-state index contributed by atoms with van der Waals surface area (Å²) in [7, 11) is 0. The van der Waals surface area contributed by atoms with Crippen molar-refractivity contribution in [3.05, 3.63) is 14.5 Å². The smallest absolute Gasteiger partial charge is 0.303 e. The molecule has 0 saturated heterocycles. The lowest BCUT2D eigenvalue weighted by Crippen LogP contribution is -1.96. The van der Waals surface area contributed by atoms with Crippen molar-refractivity contribution < 1.29 is 9.90 Å². The van der Waals surface area contributed by atoms with Crippen molar-refractivity contribution in [2.24, 2.45) is 5.92 Å². The Balaban J connectivity index is 2.64. The van der Waals surface area contributed by atoms with Crippen molar-refractivity contribution in [1.29, 1.82) is 0 Å². The van der Waals surface area contributed by atoms with Crippen LogP contribution < -0.4 is 0 Å². The van der Waals surface area contributed by atoms with Gasteiger partial charge in [0.1, 0.15) is 4.60 Å². The summed E-state index contributed by atoms with van der Waals surface area (Å²) < 4.78 is 0.810. The summed E-state index contributed by atoms with van der Waals surface area (Å²) in [5.41, 5.74) is 0. The SMILES string of the molecule is CC(C)Cc1nc(Br)c(CCC(=O)O)s1. The lowest BCUT2D eigenvalue weighted by molar-refractivity contribution is -0.136. The zero-order chi connectivity index (χ0) is 11.4. The number of halogens is 1. The van der Waals surface area contributed by atoms with Crippen LogP contribution in [-0.2, 0) is 17.6 Å². The van der Waals surface area contributed by atoms with E-state index in [2.05, 4.69) is 34.8 Å². The normalized spacial score (nSPS) is 10.9. The second kappa shape index (κ2) is 5.61. The molecule has 0 amide bonds. The molecule has 0 aromatic carbocycles. The maximum absolute atomic E-state index is 10.4. The van der Waals surface area contributed by atoms with Gasteiger partial charge in [0.15, 0.2) is 0 Å². The van der Waals surface area contributed by atoms with E-state index < -0.39 is 5.97 Å². The summed E-state index contributed by atoms with van der Waals surface area (Å²) in [6, 6.07) is 0. The average Bonchev–Trinajstić information content (AvgIpc) is 2.41. The molecule has 0 aliphatic heterocycles. The van der Waals surface area contributed by atoms with Gasteiger partial charge in [-0.2, -0.15) is 0 Å². The van der Waals surface area contributed by atoms with Gasteiger partial charge in [0, 0.05) is 11.3 Å². The maximum atomic E-state index is 10.4. The number of hydrogen-bond donors (Lipinski definition) is 1. The standard InChI is InChI=1S/C10H14BrNO2S/c1-6(2)5-8-12-10(11)7(15-8)3-4-9(13)14/h6H,3-5H2,1-2H3,(H,13,14). The van der Waals surface area contributed by atoms with Gasteiger partial charge in [0.2, 0.25) is 0 Å². The Morgan fingerprint density at radius 1 is 1.60 bits per heavy atom. The fourth-order valence-electron chi connectivity index (χ4n) is 1.19. The van der Waals surface area contributed by atoms with Crippen LogP contribution in [0.3, 0.4) is 0 Å². The van der Waals surface area contributed by atoms with Gasteiger partial charge in [-0.25, -0.2) is 4.98 Å². The largest absolute Gasteiger partial charge is 0.481 e. The molecular formula is C10H14BrNO2S. The fraction of sp³-hybridized carbons (Fsp3) is 0.600. The zero-order valence-corrected chi connectivity index (χ0v) is 11.2. The molecule has 1 rings (SSSR count). The van der Waals surface area contributed by atoms with E-state index in [-0.39, 0.29) is 6.42 Å². The monoisotopic (exact) mass is 291 g/mol. The van der Waals surface area contributed by atoms with Crippen molar-refractivity contribution in [2.75, 3.05) is 0 Å². The van der Waals surface area contributed by atoms with Gasteiger partial charge in [0.05, 0.1) is 11.4 Å². The molecule has 0 radical (unpaired) electrons. The Labute approximate surface area is 102 Å². The van der Waals surface area contributed by atoms with Crippen molar-refractivity contribution in [3.63, 3.8) is 0 Å². The summed E-state index contributed by atoms with van der Waals surface area (Å²) >= 11 is 4.97. The molecule has 1 aromatic rings. The molecule has 0 aliphatic carbocycles. The molecule has 0 saturated carbocycles. The molecule has 0 atom stereocenters. The molecule has 1 heterocycles. The van der Waals surface area contributed by atoms with Gasteiger partial charge in [-0.3, -0.25) is 4.79 Å². The van der Waals surface area contributed by atoms with Crippen LogP contribution in [0.1, 0.15) is 30.2 Å². The van der Waals surface area contributed by atoms with E-state index >= 15 is 0 Å². The average molecular weight is 292 g/mol. The van der Waals surface area contributed by atoms with E-state index in [4.69, 9.17) is 5.11 Å². The molecule has 0 spiro atoms. The van der Waals surface area contributed by atoms with E-state index in [1.165, 1.54) is 0 Å². The Kier molecular flexibility index (Phi) is 4.73. The summed E-state index contributed by atoms with van der Waals surface area (Å²) in [6.07, 6.45) is 1.68. The molecule has 84 valence electrons. The first-order valence-electron chi connectivity index (χ1n) is 4.85. The lowest BCUT2D eigenvalue weighted by Gasteiger charge is -1.98. The van der Waals surface area contributed by atoms with Gasteiger partial charge in [-0.15, -0.1) is 11.3 Å². The zero-order valence-electron chi connectivity index (χ0n) is 8.79. The molecule has 0 aliphatic rings. The van der Waals surface area contributed by atoms with Crippen molar-refractivity contribution in [2.45, 2.75) is 33.1 Å². The van der Waals surface area contributed by atoms with E-state index in [1.807, 2.05) is 0 Å². The molecule has 0 bridgehead atoms. The minimum atomic E-state index is -0.763. The first kappa shape index (κ1) is 12.6. The number of carboxylic acids is 1. The van der Waals surface area contributed by atoms with Crippen LogP contribution in [0, 0.1) is 5.92 Å². The number of aromatic nitrogens is 1. The van der Waals surface area contributed by atoms with Crippen LogP contribution in [-0.4, -0.2) is 16.1 Å². The molecule has 1 aromatic heterocycles. The van der Waals surface area contributed by atoms with Gasteiger partial charge in [0.25, 0.3) is 0 Å². The molecule has 1 N–H and O–H groups in total. The molecule has 5 heteroatoms. The number of aryl methyl sites for hydroxylation is 1. The minimum Gasteiger partial charge on any atom is -0.481 e. The Bertz CT molecular complexity index is 349. The molecule has 0 fully saturated rings. The molecular weight excluding hydrogens is 278 g/mol. The van der Waals surface area contributed by atoms with Crippen molar-refractivity contribution in [3.8, 4) is 0 Å². The van der Waals surface area contributed by atoms with Crippen molar-refractivity contribution >= 4 is 33.2 Å². The van der Waals surface area contributed by atoms with Gasteiger partial charge >= 0.3 is 5.97 Å². The highest BCUT2D eigenvalue weighted by atomic mass is 79.9. The summed E-state index contributed by atoms with van der Waals surface area (Å²) in [5.74, 6) is -0.184. The summed E-state index contributed by atoms with van der Waals surface area (Å²) in [5, 5.41) is 9.67. The van der Waals surface area contributed by atoms with Crippen LogP contribution in [0.25, 0.3) is 0 Å². The molecule has 0 unspecified atom stereocenters. The van der Waals surface area contributed by atoms with Crippen LogP contribution in [0.5, 0.6) is 0 Å². The highest BCUT2D eigenvalue weighted by Crippen LogP contribution is 2.26. The maximum Gasteiger partial charge on any atom is 0.303 e. The van der Waals surface area contributed by atoms with E-state index in [1.54, 1.807) is 11.3 Å². The number of hydrogen-bond acceptors (Lipinski definition) is 3. The summed E-state index contributed by atoms with van der Waals surface area (Å²) in [4.78, 5) is 15.8. The quantitative estimate of drug-likeness (QED) is 0.907. The van der Waals surface area contributed by atoms with Crippen LogP contribution in [0.4, 0.5) is 0 Å². The van der Waals surface area contributed by atoms with Crippen LogP contribution in [0.2, 0.25) is 0 Å². The predicted molar refractivity (Wildman–Crippen MR) is 64.3 cm³/mol. The third kappa shape index (κ3) is 4.30. The first-order valence-corrected chi connectivity index (χ1v) is 6.46. The van der Waals surface area contributed by atoms with E-state index in [0.717, 1.165) is 20.9 Å². The number of aliphatic carboxylic acids is 1. The Morgan fingerprint density at radius 3 is 2.80 bits per heavy atom. The Hall–Kier alpha value is -0.420. The topological polar surface area (TPSA) is 50.2 Å². The predicted octanol–water partition coefficient (Wildman–Crippen LogP) is 3.12. The van der Waals surface area contributed by atoms with Crippen molar-refractivity contribution in [1.82, 2.24) is 4.98 Å². The van der Waals surface area contributed by atoms with E-state index in [0.29, 0.717) is 12.3 Å². The number of rotatable bonds is 5. The van der Waals surface area contributed by atoms with Gasteiger partial charge < -0.3 is 5.11 Å². The van der Waals surface area contributed by atoms with Crippen LogP contribution >= 0.6 is 27.3 Å². The van der Waals surface area contributed by atoms with E-state index in [9.17, 15) is 4.79 Å². The molecule has 15 heavy (non-hydrogen) atoms. The second-order valence-electron chi connectivity index (χ2n) is 3.81. The lowest BCUT2D eigenvalue weighted by atomic mass is 10.1. The first-order chi connectivity index (χ1) is 6.99. The highest BCUT2D eigenvalue weighted by Gasteiger charge is 2.11. The number of thiazole rings is 1. The number of carbonyl (C=O) groups is 1. The number of carboxylic acid groups (broad SMARTS) is 1.